The molecule has 2 rings (SSSR count). The van der Waals surface area contributed by atoms with Gasteiger partial charge in [-0.3, -0.25) is 0 Å². The van der Waals surface area contributed by atoms with Crippen LogP contribution in [0.1, 0.15) is 11.1 Å². The second-order valence-electron chi connectivity index (χ2n) is 4.21. The average Bonchev–Trinajstić information content (AvgIpc) is 2.45. The van der Waals surface area contributed by atoms with Crippen molar-refractivity contribution in [2.75, 3.05) is 7.05 Å². The minimum Gasteiger partial charge on any atom is -0.489 e. The van der Waals surface area contributed by atoms with E-state index in [-0.39, 0.29) is 0 Å². The lowest BCUT2D eigenvalue weighted by atomic mass is 10.2. The molecule has 96 valence electrons. The van der Waals surface area contributed by atoms with Crippen molar-refractivity contribution in [1.82, 2.24) is 0 Å². The molecular formula is C16H16NO2+. The van der Waals surface area contributed by atoms with Gasteiger partial charge in [-0.15, -0.1) is 0 Å². The molecule has 0 fully saturated rings. The summed E-state index contributed by atoms with van der Waals surface area (Å²) in [6.07, 6.45) is 3.23. The van der Waals surface area contributed by atoms with Crippen molar-refractivity contribution < 1.29 is 9.50 Å². The van der Waals surface area contributed by atoms with Crippen LogP contribution in [0.15, 0.2) is 60.8 Å². The molecule has 0 aromatic heterocycles. The molecule has 0 aliphatic heterocycles. The standard InChI is InChI=1S/C16H16NO2/c1-17(18)12-11-14-7-9-16(10-8-14)19-13-15-5-3-2-4-6-15/h2-12H,13H2,1H3/q+1/b12-11+. The van der Waals surface area contributed by atoms with Gasteiger partial charge in [-0.2, -0.15) is 0 Å². The number of hydrogen-bond donors (Lipinski definition) is 0. The van der Waals surface area contributed by atoms with Crippen LogP contribution in [-0.4, -0.2) is 11.8 Å². The van der Waals surface area contributed by atoms with E-state index in [2.05, 4.69) is 0 Å². The maximum absolute atomic E-state index is 10.7. The van der Waals surface area contributed by atoms with E-state index in [1.54, 1.807) is 6.08 Å². The quantitative estimate of drug-likeness (QED) is 0.762. The second-order valence-corrected chi connectivity index (χ2v) is 4.21. The zero-order valence-electron chi connectivity index (χ0n) is 10.8. The molecule has 2 aromatic carbocycles. The van der Waals surface area contributed by atoms with Crippen LogP contribution in [-0.2, 0) is 6.61 Å². The highest BCUT2D eigenvalue weighted by atomic mass is 16.5. The average molecular weight is 254 g/mol. The molecule has 0 spiro atoms. The molecule has 0 N–H and O–H groups in total. The molecule has 0 radical (unpaired) electrons. The summed E-state index contributed by atoms with van der Waals surface area (Å²) in [7, 11) is 1.45. The third-order valence-corrected chi connectivity index (χ3v) is 2.61. The van der Waals surface area contributed by atoms with Gasteiger partial charge >= 0.3 is 0 Å². The molecule has 2 aromatic rings. The zero-order chi connectivity index (χ0) is 13.5. The lowest BCUT2D eigenvalue weighted by Gasteiger charge is -2.06. The topological polar surface area (TPSA) is 29.3 Å². The van der Waals surface area contributed by atoms with Crippen molar-refractivity contribution >= 4 is 6.08 Å². The van der Waals surface area contributed by atoms with Gasteiger partial charge in [0.15, 0.2) is 7.05 Å². The van der Waals surface area contributed by atoms with Gasteiger partial charge in [0.25, 0.3) is 0 Å². The minimum absolute atomic E-state index is 0.555. The SMILES string of the molecule is C[N+](=O)/C=C/c1ccc(OCc2ccccc2)cc1. The van der Waals surface area contributed by atoms with Gasteiger partial charge in [-0.05, 0) is 23.3 Å². The normalized spacial score (nSPS) is 10.6. The summed E-state index contributed by atoms with van der Waals surface area (Å²) in [5, 5.41) is 0. The molecule has 0 unspecified atom stereocenters. The van der Waals surface area contributed by atoms with E-state index in [9.17, 15) is 4.91 Å². The van der Waals surface area contributed by atoms with Gasteiger partial charge in [-0.1, -0.05) is 42.5 Å². The summed E-state index contributed by atoms with van der Waals surface area (Å²) in [4.78, 5) is 10.7. The van der Waals surface area contributed by atoms with Crippen molar-refractivity contribution in [3.05, 3.63) is 76.8 Å². The molecule has 0 aliphatic carbocycles. The Hall–Kier alpha value is -2.42. The first-order chi connectivity index (χ1) is 9.24. The molecule has 0 saturated carbocycles. The van der Waals surface area contributed by atoms with Crippen molar-refractivity contribution in [2.24, 2.45) is 0 Å². The maximum atomic E-state index is 10.7. The third-order valence-electron chi connectivity index (χ3n) is 2.61. The number of benzene rings is 2. The number of ether oxygens (including phenoxy) is 1. The van der Waals surface area contributed by atoms with Crippen molar-refractivity contribution in [2.45, 2.75) is 6.61 Å². The Labute approximate surface area is 112 Å². The number of rotatable bonds is 5. The molecule has 0 atom stereocenters. The van der Waals surface area contributed by atoms with Crippen LogP contribution in [0, 0.1) is 4.91 Å². The predicted octanol–water partition coefficient (Wildman–Crippen LogP) is 3.65. The van der Waals surface area contributed by atoms with Crippen LogP contribution < -0.4 is 4.74 Å². The summed E-state index contributed by atoms with van der Waals surface area (Å²) in [5.41, 5.74) is 2.11. The highest BCUT2D eigenvalue weighted by Crippen LogP contribution is 2.15. The summed E-state index contributed by atoms with van der Waals surface area (Å²) >= 11 is 0. The van der Waals surface area contributed by atoms with E-state index in [0.717, 1.165) is 21.6 Å². The van der Waals surface area contributed by atoms with Gasteiger partial charge in [-0.25, -0.2) is 0 Å². The van der Waals surface area contributed by atoms with E-state index in [1.807, 2.05) is 54.6 Å². The Morgan fingerprint density at radius 3 is 2.37 bits per heavy atom. The van der Waals surface area contributed by atoms with Crippen LogP contribution in [0.25, 0.3) is 6.08 Å². The van der Waals surface area contributed by atoms with Crippen LogP contribution >= 0.6 is 0 Å². The van der Waals surface area contributed by atoms with E-state index >= 15 is 0 Å². The Morgan fingerprint density at radius 1 is 1.05 bits per heavy atom. The Kier molecular flexibility index (Phi) is 4.45. The monoisotopic (exact) mass is 254 g/mol. The molecule has 0 amide bonds. The Morgan fingerprint density at radius 2 is 1.74 bits per heavy atom. The highest BCUT2D eigenvalue weighted by molar-refractivity contribution is 5.49. The smallest absolute Gasteiger partial charge is 0.221 e. The summed E-state index contributed by atoms with van der Waals surface area (Å²) in [6.45, 7) is 0.555. The molecular weight excluding hydrogens is 238 g/mol. The molecule has 3 heteroatoms. The van der Waals surface area contributed by atoms with Gasteiger partial charge in [0.1, 0.15) is 12.4 Å². The lowest BCUT2D eigenvalue weighted by Crippen LogP contribution is -1.94. The highest BCUT2D eigenvalue weighted by Gasteiger charge is 1.96. The second kappa shape index (κ2) is 6.50. The Balaban J connectivity index is 1.94. The van der Waals surface area contributed by atoms with Gasteiger partial charge in [0.05, 0.1) is 0 Å². The molecule has 0 saturated heterocycles. The zero-order valence-corrected chi connectivity index (χ0v) is 10.8. The van der Waals surface area contributed by atoms with Gasteiger partial charge < -0.3 is 4.74 Å². The van der Waals surface area contributed by atoms with Crippen molar-refractivity contribution in [3.8, 4) is 5.75 Å². The van der Waals surface area contributed by atoms with Crippen molar-refractivity contribution in [1.29, 1.82) is 0 Å². The molecule has 3 nitrogen and oxygen atoms in total. The first kappa shape index (κ1) is 13.0. The van der Waals surface area contributed by atoms with Gasteiger partial charge in [0.2, 0.25) is 6.20 Å². The fourth-order valence-corrected chi connectivity index (χ4v) is 1.61. The number of nitroso groups, excluding NO2 is 1. The predicted molar refractivity (Wildman–Crippen MR) is 75.8 cm³/mol. The first-order valence-electron chi connectivity index (χ1n) is 6.09. The van der Waals surface area contributed by atoms with Crippen LogP contribution in [0.2, 0.25) is 0 Å². The fourth-order valence-electron chi connectivity index (χ4n) is 1.61. The molecule has 0 aliphatic rings. The molecule has 0 bridgehead atoms. The molecule has 0 heterocycles. The summed E-state index contributed by atoms with van der Waals surface area (Å²) in [5.74, 6) is 0.816. The number of hydrogen-bond acceptors (Lipinski definition) is 2. The number of nitrogens with zero attached hydrogens (tertiary/aromatic N) is 1. The Bertz CT molecular complexity index is 559. The van der Waals surface area contributed by atoms with Crippen LogP contribution in [0.3, 0.4) is 0 Å². The fraction of sp³-hybridized carbons (Fsp3) is 0.125. The molecule has 19 heavy (non-hydrogen) atoms. The van der Waals surface area contributed by atoms with E-state index in [4.69, 9.17) is 4.74 Å². The maximum Gasteiger partial charge on any atom is 0.221 e. The minimum atomic E-state index is 0.555. The summed E-state index contributed by atoms with van der Waals surface area (Å²) < 4.78 is 6.44. The summed E-state index contributed by atoms with van der Waals surface area (Å²) in [6, 6.07) is 17.7. The largest absolute Gasteiger partial charge is 0.489 e. The van der Waals surface area contributed by atoms with E-state index < -0.39 is 0 Å². The van der Waals surface area contributed by atoms with E-state index in [0.29, 0.717) is 6.61 Å². The van der Waals surface area contributed by atoms with E-state index in [1.165, 1.54) is 13.2 Å². The third kappa shape index (κ3) is 4.39. The first-order valence-corrected chi connectivity index (χ1v) is 6.09. The van der Waals surface area contributed by atoms with Crippen LogP contribution in [0.5, 0.6) is 5.75 Å². The van der Waals surface area contributed by atoms with Gasteiger partial charge in [0, 0.05) is 15.7 Å². The van der Waals surface area contributed by atoms with Crippen molar-refractivity contribution in [3.63, 3.8) is 0 Å². The lowest BCUT2D eigenvalue weighted by molar-refractivity contribution is -0.443. The van der Waals surface area contributed by atoms with Crippen LogP contribution in [0.4, 0.5) is 0 Å².